The lowest BCUT2D eigenvalue weighted by Crippen LogP contribution is -2.21. The average molecular weight is 380 g/mol. The quantitative estimate of drug-likeness (QED) is 0.687. The predicted octanol–water partition coefficient (Wildman–Crippen LogP) is 3.92. The smallest absolute Gasteiger partial charge is 0.233 e. The van der Waals surface area contributed by atoms with Gasteiger partial charge in [-0.25, -0.2) is 0 Å². The molecule has 0 heterocycles. The van der Waals surface area contributed by atoms with Crippen molar-refractivity contribution in [3.05, 3.63) is 52.5 Å². The van der Waals surface area contributed by atoms with Crippen molar-refractivity contribution in [2.24, 2.45) is 0 Å². The molecule has 0 saturated carbocycles. The fourth-order valence-electron chi connectivity index (χ4n) is 1.97. The van der Waals surface area contributed by atoms with Crippen molar-refractivity contribution in [3.63, 3.8) is 0 Å². The van der Waals surface area contributed by atoms with E-state index in [2.05, 4.69) is 16.0 Å². The van der Waals surface area contributed by atoms with Gasteiger partial charge in [0.05, 0.1) is 10.0 Å². The Labute approximate surface area is 154 Å². The van der Waals surface area contributed by atoms with Crippen molar-refractivity contribution in [2.75, 3.05) is 16.0 Å². The zero-order chi connectivity index (χ0) is 18.4. The normalized spacial score (nSPS) is 10.0. The molecule has 0 aromatic heterocycles. The molecule has 2 aromatic carbocycles. The summed E-state index contributed by atoms with van der Waals surface area (Å²) >= 11 is 11.7. The summed E-state index contributed by atoms with van der Waals surface area (Å²) in [6.07, 6.45) is -0.353. The Kier molecular flexibility index (Phi) is 6.38. The molecule has 0 saturated heterocycles. The van der Waals surface area contributed by atoms with Crippen LogP contribution in [0.3, 0.4) is 0 Å². The highest BCUT2D eigenvalue weighted by molar-refractivity contribution is 6.42. The van der Waals surface area contributed by atoms with Gasteiger partial charge in [0.15, 0.2) is 0 Å². The second kappa shape index (κ2) is 8.50. The number of hydrogen-bond acceptors (Lipinski definition) is 3. The topological polar surface area (TPSA) is 87.3 Å². The highest BCUT2D eigenvalue weighted by Crippen LogP contribution is 2.25. The molecular weight excluding hydrogens is 365 g/mol. The fraction of sp³-hybridized carbons (Fsp3) is 0.118. The van der Waals surface area contributed by atoms with Gasteiger partial charge in [0.1, 0.15) is 6.42 Å². The monoisotopic (exact) mass is 379 g/mol. The van der Waals surface area contributed by atoms with Crippen LogP contribution >= 0.6 is 23.2 Å². The minimum absolute atomic E-state index is 0.184. The number of anilines is 3. The van der Waals surface area contributed by atoms with Crippen LogP contribution in [0, 0.1) is 0 Å². The van der Waals surface area contributed by atoms with Crippen molar-refractivity contribution in [1.82, 2.24) is 0 Å². The number of amides is 3. The molecule has 0 aliphatic rings. The van der Waals surface area contributed by atoms with E-state index in [4.69, 9.17) is 23.2 Å². The highest BCUT2D eigenvalue weighted by atomic mass is 35.5. The molecule has 8 heteroatoms. The molecule has 0 aliphatic carbocycles. The molecule has 0 radical (unpaired) electrons. The summed E-state index contributed by atoms with van der Waals surface area (Å²) in [5.41, 5.74) is 1.58. The number of nitrogens with one attached hydrogen (secondary N) is 3. The van der Waals surface area contributed by atoms with E-state index in [9.17, 15) is 14.4 Å². The minimum atomic E-state index is -0.481. The predicted molar refractivity (Wildman–Crippen MR) is 99.1 cm³/mol. The van der Waals surface area contributed by atoms with E-state index >= 15 is 0 Å². The summed E-state index contributed by atoms with van der Waals surface area (Å²) in [4.78, 5) is 34.7. The van der Waals surface area contributed by atoms with E-state index in [0.717, 1.165) is 0 Å². The maximum absolute atomic E-state index is 11.9. The number of halogens is 2. The van der Waals surface area contributed by atoms with Gasteiger partial charge in [0, 0.05) is 24.0 Å². The zero-order valence-electron chi connectivity index (χ0n) is 13.2. The van der Waals surface area contributed by atoms with E-state index in [1.807, 2.05) is 0 Å². The standard InChI is InChI=1S/C17H15Cl2N3O3/c1-10(23)20-11-2-4-12(5-3-11)21-16(24)9-17(25)22-13-6-7-14(18)15(19)8-13/h2-8H,9H2,1H3,(H,20,23)(H,21,24)(H,22,25). The first kappa shape index (κ1) is 18.8. The van der Waals surface area contributed by atoms with Gasteiger partial charge >= 0.3 is 0 Å². The third-order valence-corrected chi connectivity index (χ3v) is 3.75. The first-order chi connectivity index (χ1) is 11.8. The Morgan fingerprint density at radius 2 is 1.24 bits per heavy atom. The molecule has 6 nitrogen and oxygen atoms in total. The van der Waals surface area contributed by atoms with E-state index in [-0.39, 0.29) is 12.3 Å². The molecular formula is C17H15Cl2N3O3. The minimum Gasteiger partial charge on any atom is -0.326 e. The Morgan fingerprint density at radius 1 is 0.760 bits per heavy atom. The van der Waals surface area contributed by atoms with Crippen LogP contribution in [0.25, 0.3) is 0 Å². The van der Waals surface area contributed by atoms with Crippen molar-refractivity contribution >= 4 is 58.0 Å². The van der Waals surface area contributed by atoms with E-state index in [1.165, 1.54) is 13.0 Å². The molecule has 0 fully saturated rings. The van der Waals surface area contributed by atoms with Gasteiger partial charge in [-0.15, -0.1) is 0 Å². The third-order valence-electron chi connectivity index (χ3n) is 3.01. The number of carbonyl (C=O) groups excluding carboxylic acids is 3. The first-order valence-corrected chi connectivity index (χ1v) is 8.01. The molecule has 3 amide bonds. The molecule has 0 spiro atoms. The molecule has 0 atom stereocenters. The number of carbonyl (C=O) groups is 3. The summed E-state index contributed by atoms with van der Waals surface area (Å²) in [5, 5.41) is 8.47. The summed E-state index contributed by atoms with van der Waals surface area (Å²) in [7, 11) is 0. The summed E-state index contributed by atoms with van der Waals surface area (Å²) in [5.74, 6) is -1.13. The van der Waals surface area contributed by atoms with Crippen LogP contribution in [0.5, 0.6) is 0 Å². The van der Waals surface area contributed by atoms with Crippen molar-refractivity contribution < 1.29 is 14.4 Å². The van der Waals surface area contributed by atoms with E-state index in [0.29, 0.717) is 27.1 Å². The van der Waals surface area contributed by atoms with Crippen molar-refractivity contribution in [1.29, 1.82) is 0 Å². The third kappa shape index (κ3) is 6.10. The van der Waals surface area contributed by atoms with Crippen LogP contribution in [-0.2, 0) is 14.4 Å². The maximum Gasteiger partial charge on any atom is 0.233 e. The number of hydrogen-bond donors (Lipinski definition) is 3. The van der Waals surface area contributed by atoms with Crippen molar-refractivity contribution in [2.45, 2.75) is 13.3 Å². The first-order valence-electron chi connectivity index (χ1n) is 7.26. The lowest BCUT2D eigenvalue weighted by atomic mass is 10.2. The second-order valence-electron chi connectivity index (χ2n) is 5.16. The second-order valence-corrected chi connectivity index (χ2v) is 5.97. The van der Waals surface area contributed by atoms with Gasteiger partial charge in [0.25, 0.3) is 0 Å². The number of rotatable bonds is 5. The summed E-state index contributed by atoms with van der Waals surface area (Å²) in [6, 6.07) is 11.2. The lowest BCUT2D eigenvalue weighted by molar-refractivity contribution is -0.123. The Bertz CT molecular complexity index is 807. The van der Waals surface area contributed by atoms with Crippen molar-refractivity contribution in [3.8, 4) is 0 Å². The van der Waals surface area contributed by atoms with Crippen LogP contribution in [0.2, 0.25) is 10.0 Å². The Morgan fingerprint density at radius 3 is 1.76 bits per heavy atom. The molecule has 130 valence electrons. The van der Waals surface area contributed by atoms with Gasteiger partial charge in [0.2, 0.25) is 17.7 Å². The lowest BCUT2D eigenvalue weighted by Gasteiger charge is -2.08. The fourth-order valence-corrected chi connectivity index (χ4v) is 2.27. The van der Waals surface area contributed by atoms with E-state index < -0.39 is 11.8 Å². The van der Waals surface area contributed by atoms with Crippen LogP contribution in [-0.4, -0.2) is 17.7 Å². The SMILES string of the molecule is CC(=O)Nc1ccc(NC(=O)CC(=O)Nc2ccc(Cl)c(Cl)c2)cc1. The van der Waals surface area contributed by atoms with Gasteiger partial charge in [-0.05, 0) is 42.5 Å². The van der Waals surface area contributed by atoms with Gasteiger partial charge in [-0.3, -0.25) is 14.4 Å². The maximum atomic E-state index is 11.9. The summed E-state index contributed by atoms with van der Waals surface area (Å²) in [6.45, 7) is 1.40. The van der Waals surface area contributed by atoms with Crippen LogP contribution < -0.4 is 16.0 Å². The van der Waals surface area contributed by atoms with Gasteiger partial charge in [-0.1, -0.05) is 23.2 Å². The van der Waals surface area contributed by atoms with Crippen LogP contribution in [0.4, 0.5) is 17.1 Å². The van der Waals surface area contributed by atoms with Crippen LogP contribution in [0.15, 0.2) is 42.5 Å². The Balaban J connectivity index is 1.87. The van der Waals surface area contributed by atoms with Crippen LogP contribution in [0.1, 0.15) is 13.3 Å². The Hall–Kier alpha value is -2.57. The number of benzene rings is 2. The zero-order valence-corrected chi connectivity index (χ0v) is 14.7. The molecule has 0 aliphatic heterocycles. The van der Waals surface area contributed by atoms with Gasteiger partial charge < -0.3 is 16.0 Å². The summed E-state index contributed by atoms with van der Waals surface area (Å²) < 4.78 is 0. The van der Waals surface area contributed by atoms with E-state index in [1.54, 1.807) is 36.4 Å². The molecule has 0 bridgehead atoms. The highest BCUT2D eigenvalue weighted by Gasteiger charge is 2.11. The average Bonchev–Trinajstić information content (AvgIpc) is 2.52. The largest absolute Gasteiger partial charge is 0.326 e. The molecule has 2 rings (SSSR count). The molecule has 0 unspecified atom stereocenters. The molecule has 25 heavy (non-hydrogen) atoms. The molecule has 2 aromatic rings. The molecule has 3 N–H and O–H groups in total. The van der Waals surface area contributed by atoms with Gasteiger partial charge in [-0.2, -0.15) is 0 Å².